The first-order valence-electron chi connectivity index (χ1n) is 11.0. The number of esters is 1. The molecule has 3 aromatic rings. The number of carbonyl (C=O) groups is 3. The lowest BCUT2D eigenvalue weighted by atomic mass is 10.0. The topological polar surface area (TPSA) is 127 Å². The molecule has 0 aliphatic rings. The second-order valence-corrected chi connectivity index (χ2v) is 8.54. The fourth-order valence-corrected chi connectivity index (χ4v) is 3.76. The molecular weight excluding hydrogens is 438 g/mol. The lowest BCUT2D eigenvalue weighted by Crippen LogP contribution is -2.53. The SMILES string of the molecule is COC(=O)C(Cc1cncn1C)NC(=O)C(CC(C)C)NC(=O)c1cc2c(OC)cccc2[nH]1. The first kappa shape index (κ1) is 24.8. The molecule has 0 radical (unpaired) electrons. The molecule has 2 unspecified atom stereocenters. The maximum atomic E-state index is 13.2. The number of fused-ring (bicyclic) bond motifs is 1. The number of nitrogens with one attached hydrogen (secondary N) is 3. The van der Waals surface area contributed by atoms with Crippen LogP contribution in [-0.2, 0) is 27.8 Å². The molecular formula is C24H31N5O5. The van der Waals surface area contributed by atoms with Gasteiger partial charge in [0.2, 0.25) is 5.91 Å². The summed E-state index contributed by atoms with van der Waals surface area (Å²) in [4.78, 5) is 45.7. The number of ether oxygens (including phenoxy) is 2. The summed E-state index contributed by atoms with van der Waals surface area (Å²) in [7, 11) is 4.63. The van der Waals surface area contributed by atoms with Crippen LogP contribution in [0.4, 0.5) is 0 Å². The van der Waals surface area contributed by atoms with Gasteiger partial charge in [-0.3, -0.25) is 9.59 Å². The van der Waals surface area contributed by atoms with Crippen LogP contribution in [-0.4, -0.2) is 58.6 Å². The first-order valence-corrected chi connectivity index (χ1v) is 11.0. The van der Waals surface area contributed by atoms with Crippen LogP contribution in [0.25, 0.3) is 10.9 Å². The molecule has 0 saturated heterocycles. The van der Waals surface area contributed by atoms with Crippen LogP contribution in [0.2, 0.25) is 0 Å². The van der Waals surface area contributed by atoms with E-state index in [9.17, 15) is 14.4 Å². The number of H-pyrrole nitrogens is 1. The molecule has 34 heavy (non-hydrogen) atoms. The Morgan fingerprint density at radius 1 is 1.15 bits per heavy atom. The maximum absolute atomic E-state index is 13.2. The quantitative estimate of drug-likeness (QED) is 0.390. The summed E-state index contributed by atoms with van der Waals surface area (Å²) in [6.45, 7) is 3.90. The number of methoxy groups -OCH3 is 2. The largest absolute Gasteiger partial charge is 0.496 e. The molecule has 0 bridgehead atoms. The highest BCUT2D eigenvalue weighted by Crippen LogP contribution is 2.26. The van der Waals surface area contributed by atoms with E-state index in [0.717, 1.165) is 16.6 Å². The zero-order valence-electron chi connectivity index (χ0n) is 20.0. The molecule has 2 aromatic heterocycles. The maximum Gasteiger partial charge on any atom is 0.328 e. The summed E-state index contributed by atoms with van der Waals surface area (Å²) in [5, 5.41) is 6.31. The lowest BCUT2D eigenvalue weighted by molar-refractivity contribution is -0.145. The van der Waals surface area contributed by atoms with Crippen molar-refractivity contribution in [3.63, 3.8) is 0 Å². The molecule has 0 aliphatic carbocycles. The number of aromatic amines is 1. The monoisotopic (exact) mass is 469 g/mol. The lowest BCUT2D eigenvalue weighted by Gasteiger charge is -2.23. The van der Waals surface area contributed by atoms with Gasteiger partial charge in [-0.1, -0.05) is 19.9 Å². The van der Waals surface area contributed by atoms with Crippen LogP contribution in [0.3, 0.4) is 0 Å². The summed E-state index contributed by atoms with van der Waals surface area (Å²) < 4.78 is 12.0. The third-order valence-corrected chi connectivity index (χ3v) is 5.55. The van der Waals surface area contributed by atoms with Gasteiger partial charge in [-0.05, 0) is 30.5 Å². The van der Waals surface area contributed by atoms with Gasteiger partial charge in [0.05, 0.1) is 20.5 Å². The highest BCUT2D eigenvalue weighted by molar-refractivity contribution is 6.01. The summed E-state index contributed by atoms with van der Waals surface area (Å²) in [5.74, 6) is -0.714. The fourth-order valence-electron chi connectivity index (χ4n) is 3.76. The third kappa shape index (κ3) is 5.75. The highest BCUT2D eigenvalue weighted by Gasteiger charge is 2.29. The Balaban J connectivity index is 1.78. The molecule has 3 N–H and O–H groups in total. The first-order chi connectivity index (χ1) is 16.2. The second-order valence-electron chi connectivity index (χ2n) is 8.54. The predicted molar refractivity (Wildman–Crippen MR) is 126 cm³/mol. The summed E-state index contributed by atoms with van der Waals surface area (Å²) in [6, 6.07) is 5.39. The smallest absolute Gasteiger partial charge is 0.328 e. The molecule has 2 amide bonds. The van der Waals surface area contributed by atoms with Crippen LogP contribution in [0.1, 0.15) is 36.5 Å². The van der Waals surface area contributed by atoms with Crippen molar-refractivity contribution in [2.75, 3.05) is 14.2 Å². The fraction of sp³-hybridized carbons (Fsp3) is 0.417. The molecule has 10 heteroatoms. The number of hydrogen-bond donors (Lipinski definition) is 3. The van der Waals surface area contributed by atoms with Crippen molar-refractivity contribution in [3.8, 4) is 5.75 Å². The van der Waals surface area contributed by atoms with Crippen LogP contribution < -0.4 is 15.4 Å². The molecule has 0 saturated carbocycles. The Labute approximate surface area is 198 Å². The summed E-state index contributed by atoms with van der Waals surface area (Å²) in [5.41, 5.74) is 1.81. The molecule has 1 aromatic carbocycles. The van der Waals surface area contributed by atoms with E-state index in [0.29, 0.717) is 17.9 Å². The Morgan fingerprint density at radius 3 is 2.53 bits per heavy atom. The van der Waals surface area contributed by atoms with Crippen molar-refractivity contribution in [2.24, 2.45) is 13.0 Å². The highest BCUT2D eigenvalue weighted by atomic mass is 16.5. The predicted octanol–water partition coefficient (Wildman–Crippen LogP) is 1.95. The third-order valence-electron chi connectivity index (χ3n) is 5.55. The second kappa shape index (κ2) is 10.9. The Kier molecular flexibility index (Phi) is 7.93. The number of imidazole rings is 1. The zero-order chi connectivity index (χ0) is 24.8. The Bertz CT molecular complexity index is 1170. The van der Waals surface area contributed by atoms with Crippen molar-refractivity contribution in [1.29, 1.82) is 0 Å². The number of aromatic nitrogens is 3. The van der Waals surface area contributed by atoms with Gasteiger partial charge in [-0.2, -0.15) is 0 Å². The minimum absolute atomic E-state index is 0.118. The minimum Gasteiger partial charge on any atom is -0.496 e. The number of benzene rings is 1. The number of hydrogen-bond acceptors (Lipinski definition) is 6. The van der Waals surface area contributed by atoms with E-state index < -0.39 is 29.9 Å². The van der Waals surface area contributed by atoms with Crippen molar-refractivity contribution in [2.45, 2.75) is 38.8 Å². The number of carbonyl (C=O) groups excluding carboxylic acids is 3. The van der Waals surface area contributed by atoms with Gasteiger partial charge < -0.3 is 29.7 Å². The van der Waals surface area contributed by atoms with E-state index in [2.05, 4.69) is 20.6 Å². The molecule has 182 valence electrons. The standard InChI is InChI=1S/C24H31N5O5/c1-14(2)9-18(22(30)28-20(24(32)34-5)10-15-12-25-13-29(15)3)27-23(31)19-11-16-17(26-19)7-6-8-21(16)33-4/h6-8,11-14,18,20,26H,9-10H2,1-5H3,(H,27,31)(H,28,30). The van der Waals surface area contributed by atoms with E-state index in [-0.39, 0.29) is 12.3 Å². The van der Waals surface area contributed by atoms with Gasteiger partial charge in [-0.15, -0.1) is 0 Å². The molecule has 0 aliphatic heterocycles. The van der Waals surface area contributed by atoms with Crippen LogP contribution in [0.15, 0.2) is 36.8 Å². The normalized spacial score (nSPS) is 12.9. The minimum atomic E-state index is -0.920. The molecule has 2 heterocycles. The molecule has 3 rings (SSSR count). The van der Waals surface area contributed by atoms with Crippen molar-refractivity contribution in [3.05, 3.63) is 48.2 Å². The average Bonchev–Trinajstić information content (AvgIpc) is 3.43. The number of rotatable bonds is 10. The van der Waals surface area contributed by atoms with Gasteiger partial charge >= 0.3 is 5.97 Å². The van der Waals surface area contributed by atoms with Gasteiger partial charge in [-0.25, -0.2) is 9.78 Å². The van der Waals surface area contributed by atoms with E-state index in [4.69, 9.17) is 9.47 Å². The average molecular weight is 470 g/mol. The summed E-state index contributed by atoms with van der Waals surface area (Å²) in [6.07, 6.45) is 3.84. The molecule has 2 atom stereocenters. The number of aryl methyl sites for hydroxylation is 1. The van der Waals surface area contributed by atoms with E-state index in [1.807, 2.05) is 32.0 Å². The van der Waals surface area contributed by atoms with E-state index in [1.165, 1.54) is 7.11 Å². The van der Waals surface area contributed by atoms with Gasteiger partial charge in [0.1, 0.15) is 23.5 Å². The van der Waals surface area contributed by atoms with E-state index >= 15 is 0 Å². The van der Waals surface area contributed by atoms with Crippen molar-refractivity contribution < 1.29 is 23.9 Å². The van der Waals surface area contributed by atoms with Gasteiger partial charge in [0.15, 0.2) is 0 Å². The van der Waals surface area contributed by atoms with Gasteiger partial charge in [0.25, 0.3) is 5.91 Å². The van der Waals surface area contributed by atoms with Crippen LogP contribution in [0.5, 0.6) is 5.75 Å². The molecule has 10 nitrogen and oxygen atoms in total. The Hall–Kier alpha value is -3.82. The Morgan fingerprint density at radius 2 is 1.91 bits per heavy atom. The zero-order valence-corrected chi connectivity index (χ0v) is 20.0. The van der Waals surface area contributed by atoms with Crippen LogP contribution in [0, 0.1) is 5.92 Å². The molecule has 0 spiro atoms. The van der Waals surface area contributed by atoms with E-state index in [1.54, 1.807) is 37.3 Å². The number of amides is 2. The van der Waals surface area contributed by atoms with Gasteiger partial charge in [0, 0.05) is 36.3 Å². The van der Waals surface area contributed by atoms with Crippen molar-refractivity contribution in [1.82, 2.24) is 25.2 Å². The van der Waals surface area contributed by atoms with Crippen LogP contribution >= 0.6 is 0 Å². The molecule has 0 fully saturated rings. The van der Waals surface area contributed by atoms with Crippen molar-refractivity contribution >= 4 is 28.7 Å². The number of nitrogens with zero attached hydrogens (tertiary/aromatic N) is 2. The summed E-state index contributed by atoms with van der Waals surface area (Å²) >= 11 is 0.